The molecule has 1 aromatic carbocycles. The van der Waals surface area contributed by atoms with Crippen LogP contribution < -0.4 is 9.16 Å². The Balaban J connectivity index is 2.74. The van der Waals surface area contributed by atoms with E-state index in [2.05, 4.69) is 164 Å². The lowest BCUT2D eigenvalue weighted by molar-refractivity contribution is 0.0468. The van der Waals surface area contributed by atoms with Gasteiger partial charge in [-0.25, -0.2) is 0 Å². The van der Waals surface area contributed by atoms with Gasteiger partial charge in [0.25, 0.3) is 8.32 Å². The summed E-state index contributed by atoms with van der Waals surface area (Å²) in [7, 11) is -6.25. The fraction of sp³-hybridized carbons (Fsp3) is 0.784. The highest BCUT2D eigenvalue weighted by atomic mass is 79.9. The summed E-state index contributed by atoms with van der Waals surface area (Å²) in [5.74, 6) is 1.89. The molecule has 0 spiro atoms. The molecule has 2 rings (SSSR count). The topological polar surface area (TPSA) is 36.9 Å². The van der Waals surface area contributed by atoms with Crippen molar-refractivity contribution in [3.8, 4) is 11.5 Å². The Labute approximate surface area is 290 Å². The molecule has 3 atom stereocenters. The molecular weight excluding hydrogens is 673 g/mol. The highest BCUT2D eigenvalue weighted by Gasteiger charge is 2.55. The quantitative estimate of drug-likeness (QED) is 0.149. The summed E-state index contributed by atoms with van der Waals surface area (Å²) in [6, 6.07) is 4.30. The van der Waals surface area contributed by atoms with Gasteiger partial charge < -0.3 is 18.0 Å². The Kier molecular flexibility index (Phi) is 12.9. The lowest BCUT2D eigenvalue weighted by atomic mass is 9.73. The van der Waals surface area contributed by atoms with Crippen molar-refractivity contribution in [2.24, 2.45) is 0 Å². The smallest absolute Gasteiger partial charge is 0.258 e. The summed E-state index contributed by atoms with van der Waals surface area (Å²) < 4.78 is 29.3. The van der Waals surface area contributed by atoms with Crippen molar-refractivity contribution < 1.29 is 18.0 Å². The minimum Gasteiger partial charge on any atom is -0.542 e. The maximum Gasteiger partial charge on any atom is 0.258 e. The molecule has 1 aromatic rings. The van der Waals surface area contributed by atoms with Gasteiger partial charge in [0.15, 0.2) is 16.6 Å². The SMILES string of the molecule is C/C(=C\C[C@@H](O[Si](C)(C)C(C)(C)C)[C@]1(C)c2c(O[Si](C(C)C)(C(C)C)C(C)C)ccc(Br)c2O[C@@H]1C)CO[Si](C)(C)C(C)(C)C. The van der Waals surface area contributed by atoms with Crippen LogP contribution in [0.5, 0.6) is 11.5 Å². The molecule has 1 aliphatic rings. The summed E-state index contributed by atoms with van der Waals surface area (Å²) in [4.78, 5) is 0. The number of hydrogen-bond donors (Lipinski definition) is 0. The predicted molar refractivity (Wildman–Crippen MR) is 207 cm³/mol. The standard InChI is InChI=1S/C37H69BrO4Si3/c1-25(2)45(26(3)4,27(5)6)41-31-22-21-30(38)34-33(31)37(15,29(8)40-34)32(42-44(18,19)36(12,13)14)23-20-28(7)24-39-43(16,17)35(9,10)11/h20-22,25-27,29,32H,23-24H2,1-19H3/b28-20+/t29-,32-,37-/m1/s1. The van der Waals surface area contributed by atoms with Crippen LogP contribution in [0, 0.1) is 0 Å². The molecule has 4 nitrogen and oxygen atoms in total. The van der Waals surface area contributed by atoms with Crippen LogP contribution in [0.1, 0.15) is 116 Å². The molecular formula is C37H69BrO4Si3. The Morgan fingerprint density at radius 2 is 1.40 bits per heavy atom. The number of ether oxygens (including phenoxy) is 1. The number of rotatable bonds is 13. The van der Waals surface area contributed by atoms with Gasteiger partial charge >= 0.3 is 0 Å². The van der Waals surface area contributed by atoms with E-state index in [0.29, 0.717) is 23.2 Å². The van der Waals surface area contributed by atoms with Gasteiger partial charge in [0.1, 0.15) is 17.6 Å². The predicted octanol–water partition coefficient (Wildman–Crippen LogP) is 12.8. The van der Waals surface area contributed by atoms with Crippen LogP contribution in [0.25, 0.3) is 0 Å². The van der Waals surface area contributed by atoms with E-state index in [0.717, 1.165) is 28.0 Å². The number of fused-ring (bicyclic) bond motifs is 1. The van der Waals surface area contributed by atoms with E-state index in [1.807, 2.05) is 0 Å². The van der Waals surface area contributed by atoms with Crippen molar-refractivity contribution in [2.45, 2.75) is 181 Å². The molecule has 0 amide bonds. The molecule has 0 aromatic heterocycles. The molecule has 0 unspecified atom stereocenters. The Morgan fingerprint density at radius 1 is 0.911 bits per heavy atom. The van der Waals surface area contributed by atoms with Crippen LogP contribution in [0.2, 0.25) is 52.9 Å². The fourth-order valence-corrected chi connectivity index (χ4v) is 14.7. The van der Waals surface area contributed by atoms with Crippen molar-refractivity contribution in [2.75, 3.05) is 6.61 Å². The lowest BCUT2D eigenvalue weighted by Gasteiger charge is -2.46. The lowest BCUT2D eigenvalue weighted by Crippen LogP contribution is -2.54. The maximum absolute atomic E-state index is 7.47. The van der Waals surface area contributed by atoms with E-state index in [1.54, 1.807) is 0 Å². The van der Waals surface area contributed by atoms with Crippen molar-refractivity contribution >= 4 is 40.9 Å². The van der Waals surface area contributed by atoms with Gasteiger partial charge in [-0.3, -0.25) is 0 Å². The molecule has 0 saturated carbocycles. The fourth-order valence-electron chi connectivity index (χ4n) is 6.54. The van der Waals surface area contributed by atoms with Crippen molar-refractivity contribution in [3.63, 3.8) is 0 Å². The molecule has 45 heavy (non-hydrogen) atoms. The highest BCUT2D eigenvalue weighted by molar-refractivity contribution is 9.10. The van der Waals surface area contributed by atoms with E-state index in [-0.39, 0.29) is 22.3 Å². The number of benzene rings is 1. The first-order valence-corrected chi connectivity index (χ1v) is 26.1. The molecule has 0 aliphatic carbocycles. The molecule has 0 saturated heterocycles. The molecule has 0 radical (unpaired) electrons. The van der Waals surface area contributed by atoms with E-state index < -0.39 is 30.4 Å². The molecule has 0 fully saturated rings. The maximum atomic E-state index is 7.47. The summed E-state index contributed by atoms with van der Waals surface area (Å²) in [6.07, 6.45) is 2.97. The minimum atomic E-state index is -2.23. The second-order valence-electron chi connectivity index (χ2n) is 17.9. The zero-order valence-corrected chi connectivity index (χ0v) is 37.1. The van der Waals surface area contributed by atoms with Crippen LogP contribution in [-0.2, 0) is 14.3 Å². The second kappa shape index (κ2) is 14.2. The van der Waals surface area contributed by atoms with E-state index >= 15 is 0 Å². The van der Waals surface area contributed by atoms with Gasteiger partial charge in [0.05, 0.1) is 22.6 Å². The Hall–Kier alpha value is -0.389. The van der Waals surface area contributed by atoms with E-state index in [4.69, 9.17) is 18.0 Å². The minimum absolute atomic E-state index is 0.0724. The average Bonchev–Trinajstić information content (AvgIpc) is 3.15. The average molecular weight is 742 g/mol. The first-order valence-electron chi connectivity index (χ1n) is 17.3. The Morgan fingerprint density at radius 3 is 1.84 bits per heavy atom. The third kappa shape index (κ3) is 8.26. The van der Waals surface area contributed by atoms with Gasteiger partial charge in [-0.1, -0.05) is 94.7 Å². The molecule has 260 valence electrons. The normalized spacial score (nSPS) is 21.0. The third-order valence-electron chi connectivity index (χ3n) is 11.8. The molecule has 0 N–H and O–H groups in total. The second-order valence-corrected chi connectivity index (χ2v) is 33.7. The summed E-state index contributed by atoms with van der Waals surface area (Å²) in [5, 5.41) is 0.252. The van der Waals surface area contributed by atoms with Crippen molar-refractivity contribution in [3.05, 3.63) is 33.8 Å². The zero-order valence-electron chi connectivity index (χ0n) is 32.5. The summed E-state index contributed by atoms with van der Waals surface area (Å²) in [6.45, 7) is 44.8. The first kappa shape index (κ1) is 40.8. The van der Waals surface area contributed by atoms with Crippen molar-refractivity contribution in [1.29, 1.82) is 0 Å². The highest BCUT2D eigenvalue weighted by Crippen LogP contribution is 2.56. The van der Waals surface area contributed by atoms with Crippen LogP contribution in [-0.4, -0.2) is 43.8 Å². The molecule has 0 bridgehead atoms. The van der Waals surface area contributed by atoms with Gasteiger partial charge in [-0.05, 0) is 108 Å². The molecule has 1 aliphatic heterocycles. The molecule has 1 heterocycles. The van der Waals surface area contributed by atoms with Crippen LogP contribution in [0.3, 0.4) is 0 Å². The van der Waals surface area contributed by atoms with Crippen LogP contribution >= 0.6 is 15.9 Å². The van der Waals surface area contributed by atoms with Crippen LogP contribution in [0.4, 0.5) is 0 Å². The summed E-state index contributed by atoms with van der Waals surface area (Å²) >= 11 is 3.86. The van der Waals surface area contributed by atoms with Crippen molar-refractivity contribution in [1.82, 2.24) is 0 Å². The van der Waals surface area contributed by atoms with Crippen LogP contribution in [0.15, 0.2) is 28.3 Å². The van der Waals surface area contributed by atoms with Gasteiger partial charge in [-0.15, -0.1) is 0 Å². The number of hydrogen-bond acceptors (Lipinski definition) is 4. The van der Waals surface area contributed by atoms with Gasteiger partial charge in [0.2, 0.25) is 0 Å². The van der Waals surface area contributed by atoms with Gasteiger partial charge in [-0.2, -0.15) is 0 Å². The largest absolute Gasteiger partial charge is 0.542 e. The van der Waals surface area contributed by atoms with E-state index in [9.17, 15) is 0 Å². The summed E-state index contributed by atoms with van der Waals surface area (Å²) in [5.41, 5.74) is 3.40. The van der Waals surface area contributed by atoms with Gasteiger partial charge in [0, 0.05) is 5.56 Å². The first-order chi connectivity index (χ1) is 20.2. The Bertz CT molecular complexity index is 1170. The van der Waals surface area contributed by atoms with E-state index in [1.165, 1.54) is 5.57 Å². The monoisotopic (exact) mass is 740 g/mol. The zero-order chi connectivity index (χ0) is 35.1. The molecule has 8 heteroatoms. The number of halogens is 1. The third-order valence-corrected chi connectivity index (χ3v) is 27.4.